The first kappa shape index (κ1) is 118. The van der Waals surface area contributed by atoms with Gasteiger partial charge in [0.25, 0.3) is 0 Å². The van der Waals surface area contributed by atoms with Crippen LogP contribution in [0.4, 0.5) is 0 Å². The van der Waals surface area contributed by atoms with E-state index in [4.69, 9.17) is 37.9 Å². The standard InChI is InChI=1S/2C25H23O4S.C24H21O4S.C23H21O2S.C22H19O2S.5CH3/c1-19(2)24(26)28-17-18-29-25(27)20-13-15-23(16-14-20)30(21-9-5-3-6-10-21)22-11-7-4-8-12-22;1-19(2)25(27)28-18-17-24(26)29-20-13-15-23(16-14-20)30(21-9-5-3-6-10-21)22-11-7-4-8-12-22;1-18(2)24(26)27-17-23(25)28-19-13-15-22(16-14-19)29(20-9-5-3-6-10-20)21-11-7-4-8-12-21;1-18(2)23(24)25-17-19-13-15-22(16-14-19)26(20-9-5-3-6-10-20)21-11-7-4-8-12-21;1-17(2)22(23)24-18-13-15-21(16-14-18)25(19-9-5-3-6-10-19)20-11-7-4-8-12-20;;;;;/h2*3-16H,1,17-18H2,2H3;3-16H,1,17H2,2H3;3-16H,1,17H2,2H3;3-16H,1H2,2H3;5*1H3/q10*+1. The van der Waals surface area contributed by atoms with Crippen LogP contribution in [0.2, 0.25) is 0 Å². The Kier molecular flexibility index (Phi) is 50.4. The fourth-order valence-corrected chi connectivity index (χ4v) is 23.3. The molecule has 0 N–H and O–H groups in total. The molecule has 0 unspecified atom stereocenters. The van der Waals surface area contributed by atoms with E-state index in [1.165, 1.54) is 65.7 Å². The van der Waals surface area contributed by atoms with Gasteiger partial charge in [-0.05, 0) is 271 Å². The average Bonchev–Trinajstić information content (AvgIpc) is 0.826. The van der Waals surface area contributed by atoms with E-state index in [-0.39, 0.29) is 136 Å². The molecule has 0 amide bonds. The molecular formula is C124H122O16S5+10. The van der Waals surface area contributed by atoms with Gasteiger partial charge in [-0.3, -0.25) is 4.79 Å². The first-order valence-corrected chi connectivity index (χ1v) is 50.5. The van der Waals surface area contributed by atoms with Crippen LogP contribution in [0.1, 0.15) is 57.0 Å². The Labute approximate surface area is 870 Å². The van der Waals surface area contributed by atoms with E-state index < -0.39 is 48.4 Å². The van der Waals surface area contributed by atoms with Crippen LogP contribution in [0.15, 0.2) is 559 Å². The van der Waals surface area contributed by atoms with Crippen LogP contribution in [0.25, 0.3) is 0 Å². The van der Waals surface area contributed by atoms with E-state index in [1.807, 2.05) is 206 Å². The number of rotatable bonds is 34. The molecule has 21 heteroatoms. The highest BCUT2D eigenvalue weighted by Crippen LogP contribution is 2.38. The van der Waals surface area contributed by atoms with Gasteiger partial charge in [0.15, 0.2) is 80.0 Å². The minimum absolute atomic E-state index is 0. The second-order valence-corrected chi connectivity index (χ2v) is 40.9. The Hall–Kier alpha value is -16.1. The van der Waals surface area contributed by atoms with Crippen molar-refractivity contribution in [2.24, 2.45) is 0 Å². The van der Waals surface area contributed by atoms with Crippen molar-refractivity contribution in [3.8, 4) is 17.2 Å². The van der Waals surface area contributed by atoms with Crippen LogP contribution >= 0.6 is 0 Å². The Bertz CT molecular complexity index is 6380. The van der Waals surface area contributed by atoms with Crippen LogP contribution in [0, 0.1) is 37.1 Å². The van der Waals surface area contributed by atoms with E-state index >= 15 is 0 Å². The summed E-state index contributed by atoms with van der Waals surface area (Å²) in [7, 11) is -1.16. The van der Waals surface area contributed by atoms with Gasteiger partial charge in [-0.2, -0.15) is 0 Å². The van der Waals surface area contributed by atoms with Crippen LogP contribution < -0.4 is 14.2 Å². The van der Waals surface area contributed by atoms with Crippen LogP contribution in [-0.4, -0.2) is 74.2 Å². The van der Waals surface area contributed by atoms with E-state index in [0.717, 1.165) is 20.2 Å². The molecule has 0 fully saturated rings. The molecule has 15 rings (SSSR count). The molecule has 0 aliphatic carbocycles. The highest BCUT2D eigenvalue weighted by atomic mass is 32.2. The summed E-state index contributed by atoms with van der Waals surface area (Å²) in [4.78, 5) is 111. The van der Waals surface area contributed by atoms with Gasteiger partial charge in [0.2, 0.25) is 0 Å². The number of esters is 8. The van der Waals surface area contributed by atoms with Crippen LogP contribution in [0.3, 0.4) is 0 Å². The minimum atomic E-state index is -0.641. The van der Waals surface area contributed by atoms with Crippen molar-refractivity contribution in [1.29, 1.82) is 0 Å². The predicted octanol–water partition coefficient (Wildman–Crippen LogP) is 28.0. The molecule has 15 aromatic carbocycles. The normalized spacial score (nSPS) is 10.1. The lowest BCUT2D eigenvalue weighted by molar-refractivity contribution is -0.150. The Balaban J connectivity index is 0.000000275. The topological polar surface area (TPSA) is 210 Å². The maximum absolute atomic E-state index is 12.3. The summed E-state index contributed by atoms with van der Waals surface area (Å²) in [6.45, 7) is 25.4. The molecule has 0 aliphatic rings. The number of benzene rings is 15. The molecule has 0 bridgehead atoms. The van der Waals surface area contributed by atoms with Gasteiger partial charge in [0.05, 0.1) is 66.5 Å². The predicted molar refractivity (Wildman–Crippen MR) is 588 cm³/mol. The summed E-state index contributed by atoms with van der Waals surface area (Å²) in [6, 6.07) is 142. The first-order valence-electron chi connectivity index (χ1n) is 44.4. The van der Waals surface area contributed by atoms with Gasteiger partial charge in [-0.1, -0.05) is 227 Å². The van der Waals surface area contributed by atoms with Gasteiger partial charge >= 0.3 is 47.8 Å². The lowest BCUT2D eigenvalue weighted by Gasteiger charge is -2.09. The number of carbonyl (C=O) groups is 8. The fourth-order valence-electron chi connectivity index (χ4n) is 12.9. The largest absolute Gasteiger partial charge is 0.462 e. The molecule has 145 heavy (non-hydrogen) atoms. The number of hydrogen-bond donors (Lipinski definition) is 0. The zero-order chi connectivity index (χ0) is 99.3. The van der Waals surface area contributed by atoms with Crippen LogP contribution in [0.5, 0.6) is 17.2 Å². The quantitative estimate of drug-likeness (QED) is 0.00698. The number of ether oxygens (including phenoxy) is 8. The second-order valence-electron chi connectivity index (χ2n) is 30.8. The summed E-state index contributed by atoms with van der Waals surface area (Å²) >= 11 is 0. The van der Waals surface area contributed by atoms with Crippen molar-refractivity contribution in [2.45, 2.75) is 121 Å². The van der Waals surface area contributed by atoms with Crippen molar-refractivity contribution in [1.82, 2.24) is 0 Å². The van der Waals surface area contributed by atoms with Gasteiger partial charge in [-0.15, -0.1) is 0 Å². The lowest BCUT2D eigenvalue weighted by atomic mass is 10.2. The monoisotopic (exact) mass is 2030 g/mol. The Morgan fingerprint density at radius 3 is 0.662 bits per heavy atom. The molecule has 16 nitrogen and oxygen atoms in total. The summed E-state index contributed by atoms with van der Waals surface area (Å²) in [6.07, 6.45) is -0.0147. The highest BCUT2D eigenvalue weighted by molar-refractivity contribution is 7.98. The Morgan fingerprint density at radius 1 is 0.207 bits per heavy atom. The lowest BCUT2D eigenvalue weighted by Crippen LogP contribution is -2.19. The maximum Gasteiger partial charge on any atom is 0.349 e. The third kappa shape index (κ3) is 37.4. The van der Waals surface area contributed by atoms with Crippen LogP contribution in [-0.2, 0) is 118 Å². The SMILES string of the molecule is C=C(C)C(=O)OCC(=O)Oc1ccc([S+](c2ccccc2)c2ccccc2)cc1.C=C(C)C(=O)OCCC(=O)Oc1ccc([S+](c2ccccc2)c2ccccc2)cc1.C=C(C)C(=O)OCCOC(=O)c1ccc([S+](c2ccccc2)c2ccccc2)cc1.C=C(C)C(=O)OCc1ccc([S+](c2ccccc2)c2ccccc2)cc1.C=C(C)C(=O)Oc1ccc([S+](c2ccccc2)c2ccccc2)cc1.[CH3+].[CH3+].[CH3+].[CH3+].[CH3+]. The molecule has 734 valence electrons. The number of hydrogen-bond acceptors (Lipinski definition) is 16. The van der Waals surface area contributed by atoms with Crippen molar-refractivity contribution < 1.29 is 76.3 Å². The summed E-state index contributed by atoms with van der Waals surface area (Å²) in [5.41, 5.74) is 3.06. The molecule has 0 atom stereocenters. The molecule has 0 saturated heterocycles. The zero-order valence-electron chi connectivity index (χ0n) is 83.3. The molecule has 15 aromatic rings. The molecule has 0 radical (unpaired) electrons. The van der Waals surface area contributed by atoms with Crippen molar-refractivity contribution >= 4 is 102 Å². The van der Waals surface area contributed by atoms with E-state index in [0.29, 0.717) is 45.1 Å². The van der Waals surface area contributed by atoms with E-state index in [9.17, 15) is 38.4 Å². The first-order chi connectivity index (χ1) is 67.9. The second kappa shape index (κ2) is 62.2. The van der Waals surface area contributed by atoms with Gasteiger partial charge in [0, 0.05) is 65.0 Å². The molecule has 0 aromatic heterocycles. The van der Waals surface area contributed by atoms with E-state index in [1.54, 1.807) is 64.1 Å². The van der Waals surface area contributed by atoms with Gasteiger partial charge in [-0.25, -0.2) is 33.6 Å². The summed E-state index contributed by atoms with van der Waals surface area (Å²) < 4.78 is 40.9. The third-order valence-corrected chi connectivity index (χ3v) is 30.8. The summed E-state index contributed by atoms with van der Waals surface area (Å²) in [5.74, 6) is -2.56. The van der Waals surface area contributed by atoms with Crippen molar-refractivity contribution in [3.05, 3.63) is 534 Å². The average molecular weight is 2030 g/mol. The maximum atomic E-state index is 12.3. The highest BCUT2D eigenvalue weighted by Gasteiger charge is 2.34. The van der Waals surface area contributed by atoms with Crippen molar-refractivity contribution in [2.75, 3.05) is 26.4 Å². The van der Waals surface area contributed by atoms with Gasteiger partial charge < -0.3 is 37.9 Å². The zero-order valence-corrected chi connectivity index (χ0v) is 87.3. The fraction of sp³-hybridized carbons (Fsp3) is 0.0887. The summed E-state index contributed by atoms with van der Waals surface area (Å²) in [5, 5.41) is 0. The third-order valence-electron chi connectivity index (χ3n) is 19.6. The van der Waals surface area contributed by atoms with Crippen molar-refractivity contribution in [3.63, 3.8) is 0 Å². The molecule has 0 saturated carbocycles. The molecule has 0 aliphatic heterocycles. The van der Waals surface area contributed by atoms with Gasteiger partial charge in [0.1, 0.15) is 43.7 Å². The smallest absolute Gasteiger partial charge is 0.349 e. The minimum Gasteiger partial charge on any atom is -0.462 e. The molecule has 0 spiro atoms. The number of carbonyl (C=O) groups excluding carboxylic acids is 8. The molecular weight excluding hydrogens is 1910 g/mol. The molecule has 0 heterocycles. The van der Waals surface area contributed by atoms with E-state index in [2.05, 4.69) is 215 Å². The Morgan fingerprint density at radius 2 is 0.407 bits per heavy atom.